The Morgan fingerprint density at radius 3 is 2.59 bits per heavy atom. The first-order valence-corrected chi connectivity index (χ1v) is 9.06. The molecule has 27 heavy (non-hydrogen) atoms. The highest BCUT2D eigenvalue weighted by Crippen LogP contribution is 2.33. The zero-order valence-electron chi connectivity index (χ0n) is 15.2. The Balaban J connectivity index is 1.33. The standard InChI is InChI=1S/C19H22N4O4/c1-25-18-5-4-17(21-22-18)23-8-6-13(7-9-23)19(24)20-14-2-3-15-16(12-14)27-11-10-26-15/h2-5,12-13H,6-11H2,1H3,(H,20,24). The van der Waals surface area contributed by atoms with Crippen LogP contribution in [0, 0.1) is 5.92 Å². The number of carbonyl (C=O) groups is 1. The minimum absolute atomic E-state index is 0.0272. The van der Waals surface area contributed by atoms with Crippen molar-refractivity contribution in [2.24, 2.45) is 5.92 Å². The second kappa shape index (κ2) is 7.69. The van der Waals surface area contributed by atoms with Crippen LogP contribution in [0.25, 0.3) is 0 Å². The molecule has 0 atom stereocenters. The summed E-state index contributed by atoms with van der Waals surface area (Å²) in [4.78, 5) is 14.8. The van der Waals surface area contributed by atoms with Crippen molar-refractivity contribution in [1.82, 2.24) is 10.2 Å². The molecule has 8 heteroatoms. The van der Waals surface area contributed by atoms with Crippen molar-refractivity contribution >= 4 is 17.4 Å². The average molecular weight is 370 g/mol. The number of anilines is 2. The molecule has 8 nitrogen and oxygen atoms in total. The molecule has 4 rings (SSSR count). The maximum absolute atomic E-state index is 12.6. The zero-order chi connectivity index (χ0) is 18.6. The summed E-state index contributed by atoms with van der Waals surface area (Å²) in [6, 6.07) is 9.17. The Kier molecular flexibility index (Phi) is 4.95. The molecule has 0 saturated carbocycles. The number of aromatic nitrogens is 2. The minimum atomic E-state index is -0.0272. The lowest BCUT2D eigenvalue weighted by Gasteiger charge is -2.31. The predicted octanol–water partition coefficient (Wildman–Crippen LogP) is 2.11. The van der Waals surface area contributed by atoms with Gasteiger partial charge in [0.15, 0.2) is 17.3 Å². The van der Waals surface area contributed by atoms with Crippen LogP contribution in [0.2, 0.25) is 0 Å². The fourth-order valence-electron chi connectivity index (χ4n) is 3.33. The number of rotatable bonds is 4. The summed E-state index contributed by atoms with van der Waals surface area (Å²) in [5, 5.41) is 11.2. The van der Waals surface area contributed by atoms with E-state index in [1.807, 2.05) is 24.3 Å². The Labute approximate surface area is 157 Å². The number of ether oxygens (including phenoxy) is 3. The van der Waals surface area contributed by atoms with Gasteiger partial charge in [0, 0.05) is 36.8 Å². The van der Waals surface area contributed by atoms with Gasteiger partial charge in [-0.3, -0.25) is 4.79 Å². The number of piperidine rings is 1. The van der Waals surface area contributed by atoms with Gasteiger partial charge in [0.1, 0.15) is 13.2 Å². The molecule has 1 amide bonds. The van der Waals surface area contributed by atoms with E-state index in [0.717, 1.165) is 37.4 Å². The minimum Gasteiger partial charge on any atom is -0.486 e. The molecule has 0 bridgehead atoms. The van der Waals surface area contributed by atoms with Crippen LogP contribution in [0.1, 0.15) is 12.8 Å². The van der Waals surface area contributed by atoms with Crippen LogP contribution >= 0.6 is 0 Å². The van der Waals surface area contributed by atoms with E-state index in [9.17, 15) is 4.79 Å². The van der Waals surface area contributed by atoms with Gasteiger partial charge < -0.3 is 24.4 Å². The maximum atomic E-state index is 12.6. The fourth-order valence-corrected chi connectivity index (χ4v) is 3.33. The number of hydrogen-bond donors (Lipinski definition) is 1. The molecule has 142 valence electrons. The van der Waals surface area contributed by atoms with Gasteiger partial charge in [0.05, 0.1) is 7.11 Å². The SMILES string of the molecule is COc1ccc(N2CCC(C(=O)Nc3ccc4c(c3)OCCO4)CC2)nn1. The van der Waals surface area contributed by atoms with Crippen LogP contribution in [-0.4, -0.2) is 49.5 Å². The number of carbonyl (C=O) groups excluding carboxylic acids is 1. The van der Waals surface area contributed by atoms with Crippen molar-refractivity contribution in [2.75, 3.05) is 43.6 Å². The molecule has 1 N–H and O–H groups in total. The molecule has 1 aromatic carbocycles. The number of methoxy groups -OCH3 is 1. The number of nitrogens with zero attached hydrogens (tertiary/aromatic N) is 3. The largest absolute Gasteiger partial charge is 0.486 e. The van der Waals surface area contributed by atoms with Crippen LogP contribution in [0.15, 0.2) is 30.3 Å². The maximum Gasteiger partial charge on any atom is 0.233 e. The molecule has 2 aromatic rings. The van der Waals surface area contributed by atoms with Crippen LogP contribution in [0.3, 0.4) is 0 Å². The molecule has 0 spiro atoms. The normalized spacial score (nSPS) is 16.7. The van der Waals surface area contributed by atoms with E-state index in [4.69, 9.17) is 14.2 Å². The molecule has 0 unspecified atom stereocenters. The Morgan fingerprint density at radius 2 is 1.89 bits per heavy atom. The van der Waals surface area contributed by atoms with Gasteiger partial charge in [-0.2, -0.15) is 0 Å². The van der Waals surface area contributed by atoms with Crippen molar-refractivity contribution in [2.45, 2.75) is 12.8 Å². The third-order valence-electron chi connectivity index (χ3n) is 4.83. The van der Waals surface area contributed by atoms with Crippen molar-refractivity contribution in [3.05, 3.63) is 30.3 Å². The highest BCUT2D eigenvalue weighted by atomic mass is 16.6. The van der Waals surface area contributed by atoms with E-state index in [1.54, 1.807) is 13.2 Å². The average Bonchev–Trinajstić information content (AvgIpc) is 2.74. The van der Waals surface area contributed by atoms with Crippen molar-refractivity contribution in [3.8, 4) is 17.4 Å². The molecule has 2 aliphatic rings. The van der Waals surface area contributed by atoms with Gasteiger partial charge in [0.25, 0.3) is 0 Å². The quantitative estimate of drug-likeness (QED) is 0.882. The van der Waals surface area contributed by atoms with Gasteiger partial charge in [-0.05, 0) is 31.0 Å². The summed E-state index contributed by atoms with van der Waals surface area (Å²) in [6.07, 6.45) is 1.54. The number of amides is 1. The monoisotopic (exact) mass is 370 g/mol. The summed E-state index contributed by atoms with van der Waals surface area (Å²) in [7, 11) is 1.56. The van der Waals surface area contributed by atoms with Gasteiger partial charge in [-0.25, -0.2) is 0 Å². The lowest BCUT2D eigenvalue weighted by Crippen LogP contribution is -2.38. The van der Waals surface area contributed by atoms with E-state index in [2.05, 4.69) is 20.4 Å². The van der Waals surface area contributed by atoms with E-state index >= 15 is 0 Å². The lowest BCUT2D eigenvalue weighted by molar-refractivity contribution is -0.120. The summed E-state index contributed by atoms with van der Waals surface area (Å²) in [5.74, 6) is 2.70. The Bertz CT molecular complexity index is 804. The third-order valence-corrected chi connectivity index (χ3v) is 4.83. The van der Waals surface area contributed by atoms with Crippen molar-refractivity contribution in [3.63, 3.8) is 0 Å². The Morgan fingerprint density at radius 1 is 1.11 bits per heavy atom. The summed E-state index contributed by atoms with van der Waals surface area (Å²) >= 11 is 0. The molecule has 1 saturated heterocycles. The number of nitrogens with one attached hydrogen (secondary N) is 1. The molecular formula is C19H22N4O4. The second-order valence-electron chi connectivity index (χ2n) is 6.54. The number of fused-ring (bicyclic) bond motifs is 1. The smallest absolute Gasteiger partial charge is 0.233 e. The third kappa shape index (κ3) is 3.89. The first kappa shape index (κ1) is 17.4. The molecule has 1 aromatic heterocycles. The molecule has 3 heterocycles. The van der Waals surface area contributed by atoms with Crippen molar-refractivity contribution in [1.29, 1.82) is 0 Å². The highest BCUT2D eigenvalue weighted by molar-refractivity contribution is 5.93. The molecule has 1 fully saturated rings. The first-order chi connectivity index (χ1) is 13.2. The fraction of sp³-hybridized carbons (Fsp3) is 0.421. The highest BCUT2D eigenvalue weighted by Gasteiger charge is 2.26. The zero-order valence-corrected chi connectivity index (χ0v) is 15.2. The van der Waals surface area contributed by atoms with Crippen LogP contribution in [-0.2, 0) is 4.79 Å². The van der Waals surface area contributed by atoms with Crippen LogP contribution in [0.5, 0.6) is 17.4 Å². The second-order valence-corrected chi connectivity index (χ2v) is 6.54. The number of hydrogen-bond acceptors (Lipinski definition) is 7. The van der Waals surface area contributed by atoms with E-state index < -0.39 is 0 Å². The van der Waals surface area contributed by atoms with Crippen LogP contribution < -0.4 is 24.4 Å². The summed E-state index contributed by atoms with van der Waals surface area (Å²) < 4.78 is 16.1. The van der Waals surface area contributed by atoms with E-state index in [-0.39, 0.29) is 11.8 Å². The van der Waals surface area contributed by atoms with Crippen LogP contribution in [0.4, 0.5) is 11.5 Å². The topological polar surface area (TPSA) is 85.8 Å². The lowest BCUT2D eigenvalue weighted by atomic mass is 9.96. The number of benzene rings is 1. The van der Waals surface area contributed by atoms with Gasteiger partial charge >= 0.3 is 0 Å². The van der Waals surface area contributed by atoms with Gasteiger partial charge in [-0.15, -0.1) is 10.2 Å². The van der Waals surface area contributed by atoms with Crippen molar-refractivity contribution < 1.29 is 19.0 Å². The molecular weight excluding hydrogens is 348 g/mol. The summed E-state index contributed by atoms with van der Waals surface area (Å²) in [5.41, 5.74) is 0.729. The molecule has 0 aliphatic carbocycles. The van der Waals surface area contributed by atoms with Gasteiger partial charge in [0.2, 0.25) is 11.8 Å². The van der Waals surface area contributed by atoms with E-state index in [1.165, 1.54) is 0 Å². The first-order valence-electron chi connectivity index (χ1n) is 9.06. The van der Waals surface area contributed by atoms with E-state index in [0.29, 0.717) is 30.6 Å². The summed E-state index contributed by atoms with van der Waals surface area (Å²) in [6.45, 7) is 2.60. The molecule has 2 aliphatic heterocycles. The predicted molar refractivity (Wildman–Crippen MR) is 99.6 cm³/mol. The van der Waals surface area contributed by atoms with Gasteiger partial charge in [-0.1, -0.05) is 0 Å². The molecule has 0 radical (unpaired) electrons. The Hall–Kier alpha value is -3.03.